The number of hydrogen-bond acceptors (Lipinski definition) is 2. The van der Waals surface area contributed by atoms with Crippen LogP contribution in [0.2, 0.25) is 0 Å². The van der Waals surface area contributed by atoms with Crippen molar-refractivity contribution in [1.29, 1.82) is 5.26 Å². The second-order valence-electron chi connectivity index (χ2n) is 2.45. The van der Waals surface area contributed by atoms with Gasteiger partial charge in [0.05, 0.1) is 6.07 Å². The summed E-state index contributed by atoms with van der Waals surface area (Å²) in [5, 5.41) is 8.32. The Bertz CT molecular complexity index is 388. The maximum atomic E-state index is 8.32. The Morgan fingerprint density at radius 1 is 1.54 bits per heavy atom. The summed E-state index contributed by atoms with van der Waals surface area (Å²) in [7, 11) is 0. The van der Waals surface area contributed by atoms with E-state index in [0.717, 1.165) is 11.1 Å². The van der Waals surface area contributed by atoms with Gasteiger partial charge in [0.25, 0.3) is 0 Å². The zero-order valence-electron chi connectivity index (χ0n) is 6.90. The van der Waals surface area contributed by atoms with Crippen LogP contribution in [0.5, 0.6) is 0 Å². The molecular formula is C10H8N2S. The average molecular weight is 188 g/mol. The zero-order valence-corrected chi connectivity index (χ0v) is 7.71. The number of hydrogen-bond donors (Lipinski definition) is 1. The third kappa shape index (κ3) is 2.69. The van der Waals surface area contributed by atoms with E-state index in [1.807, 2.05) is 30.3 Å². The molecule has 0 bridgehead atoms. The van der Waals surface area contributed by atoms with E-state index < -0.39 is 0 Å². The molecule has 2 N–H and O–H groups in total. The van der Waals surface area contributed by atoms with Gasteiger partial charge in [0.2, 0.25) is 0 Å². The van der Waals surface area contributed by atoms with Crippen LogP contribution in [-0.4, -0.2) is 4.99 Å². The Morgan fingerprint density at radius 2 is 2.31 bits per heavy atom. The SMILES string of the molecule is N#CC=Cc1cccc(C(N)=S)c1. The molecule has 0 spiro atoms. The number of nitrogens with zero attached hydrogens (tertiary/aromatic N) is 1. The van der Waals surface area contributed by atoms with Gasteiger partial charge >= 0.3 is 0 Å². The highest BCUT2D eigenvalue weighted by molar-refractivity contribution is 7.80. The number of benzene rings is 1. The van der Waals surface area contributed by atoms with Gasteiger partial charge in [0, 0.05) is 11.6 Å². The fourth-order valence-corrected chi connectivity index (χ4v) is 1.06. The lowest BCUT2D eigenvalue weighted by Crippen LogP contribution is -2.08. The van der Waals surface area contributed by atoms with Gasteiger partial charge in [-0.25, -0.2) is 0 Å². The molecule has 0 saturated carbocycles. The molecular weight excluding hydrogens is 180 g/mol. The van der Waals surface area contributed by atoms with Crippen LogP contribution in [0.1, 0.15) is 11.1 Å². The van der Waals surface area contributed by atoms with E-state index in [2.05, 4.69) is 0 Å². The fourth-order valence-electron chi connectivity index (χ4n) is 0.929. The van der Waals surface area contributed by atoms with Gasteiger partial charge < -0.3 is 5.73 Å². The molecule has 0 unspecified atom stereocenters. The summed E-state index contributed by atoms with van der Waals surface area (Å²) in [5.41, 5.74) is 7.19. The molecule has 0 aliphatic rings. The molecule has 0 amide bonds. The molecule has 0 atom stereocenters. The molecule has 2 nitrogen and oxygen atoms in total. The van der Waals surface area contributed by atoms with Crippen molar-refractivity contribution in [3.63, 3.8) is 0 Å². The van der Waals surface area contributed by atoms with Crippen LogP contribution < -0.4 is 5.73 Å². The number of nitrogens with two attached hydrogens (primary N) is 1. The van der Waals surface area contributed by atoms with Crippen molar-refractivity contribution < 1.29 is 0 Å². The number of thiocarbonyl (C=S) groups is 1. The molecule has 1 aromatic carbocycles. The summed E-state index contributed by atoms with van der Waals surface area (Å²) in [6.07, 6.45) is 3.13. The third-order valence-corrected chi connectivity index (χ3v) is 1.76. The van der Waals surface area contributed by atoms with E-state index in [4.69, 9.17) is 23.2 Å². The van der Waals surface area contributed by atoms with Crippen molar-refractivity contribution in [2.45, 2.75) is 0 Å². The Labute approximate surface area is 82.3 Å². The highest BCUT2D eigenvalue weighted by Crippen LogP contribution is 2.06. The number of rotatable bonds is 2. The first-order chi connectivity index (χ1) is 6.24. The second-order valence-corrected chi connectivity index (χ2v) is 2.89. The molecule has 13 heavy (non-hydrogen) atoms. The van der Waals surface area contributed by atoms with Crippen LogP contribution in [-0.2, 0) is 0 Å². The molecule has 1 rings (SSSR count). The van der Waals surface area contributed by atoms with E-state index >= 15 is 0 Å². The minimum atomic E-state index is 0.368. The predicted molar refractivity (Wildman–Crippen MR) is 57.0 cm³/mol. The van der Waals surface area contributed by atoms with Crippen molar-refractivity contribution in [3.8, 4) is 6.07 Å². The number of allylic oxidation sites excluding steroid dienone is 1. The summed E-state index contributed by atoms with van der Waals surface area (Å²) in [5.74, 6) is 0. The zero-order chi connectivity index (χ0) is 9.68. The topological polar surface area (TPSA) is 49.8 Å². The molecule has 0 aromatic heterocycles. The van der Waals surface area contributed by atoms with Gasteiger partial charge in [-0.15, -0.1) is 0 Å². The third-order valence-electron chi connectivity index (χ3n) is 1.52. The van der Waals surface area contributed by atoms with Crippen molar-refractivity contribution in [3.05, 3.63) is 41.5 Å². The number of nitriles is 1. The van der Waals surface area contributed by atoms with Crippen LogP contribution in [0.4, 0.5) is 0 Å². The Kier molecular flexibility index (Phi) is 3.18. The molecule has 3 heteroatoms. The van der Waals surface area contributed by atoms with Gasteiger partial charge in [-0.3, -0.25) is 0 Å². The lowest BCUT2D eigenvalue weighted by atomic mass is 10.1. The van der Waals surface area contributed by atoms with Gasteiger partial charge in [0.1, 0.15) is 4.99 Å². The van der Waals surface area contributed by atoms with E-state index in [1.165, 1.54) is 6.08 Å². The van der Waals surface area contributed by atoms with Gasteiger partial charge in [-0.1, -0.05) is 30.4 Å². The van der Waals surface area contributed by atoms with E-state index in [9.17, 15) is 0 Å². The van der Waals surface area contributed by atoms with E-state index in [1.54, 1.807) is 6.08 Å². The van der Waals surface area contributed by atoms with Crippen LogP contribution in [0, 0.1) is 11.3 Å². The Morgan fingerprint density at radius 3 is 2.92 bits per heavy atom. The lowest BCUT2D eigenvalue weighted by Gasteiger charge is -1.98. The fraction of sp³-hybridized carbons (Fsp3) is 0. The molecule has 0 saturated heterocycles. The first-order valence-corrected chi connectivity index (χ1v) is 4.11. The molecule has 0 radical (unpaired) electrons. The maximum Gasteiger partial charge on any atom is 0.104 e. The van der Waals surface area contributed by atoms with Crippen LogP contribution in [0.3, 0.4) is 0 Å². The van der Waals surface area contributed by atoms with Gasteiger partial charge in [0.15, 0.2) is 0 Å². The summed E-state index contributed by atoms with van der Waals surface area (Å²) in [6, 6.07) is 9.34. The quantitative estimate of drug-likeness (QED) is 0.569. The summed E-state index contributed by atoms with van der Waals surface area (Å²) in [4.78, 5) is 0.368. The first-order valence-electron chi connectivity index (χ1n) is 3.70. The van der Waals surface area contributed by atoms with Crippen LogP contribution in [0.25, 0.3) is 6.08 Å². The standard InChI is InChI=1S/C10H8N2S/c11-6-2-4-8-3-1-5-9(7-8)10(12)13/h1-5,7H,(H2,12,13). The molecule has 0 aliphatic carbocycles. The molecule has 1 aromatic rings. The van der Waals surface area contributed by atoms with Crippen molar-refractivity contribution in [1.82, 2.24) is 0 Å². The summed E-state index contributed by atoms with van der Waals surface area (Å²) in [6.45, 7) is 0. The molecule has 64 valence electrons. The Hall–Kier alpha value is -1.66. The van der Waals surface area contributed by atoms with Gasteiger partial charge in [-0.05, 0) is 17.7 Å². The van der Waals surface area contributed by atoms with Gasteiger partial charge in [-0.2, -0.15) is 5.26 Å². The molecule has 0 fully saturated rings. The highest BCUT2D eigenvalue weighted by Gasteiger charge is 1.94. The monoisotopic (exact) mass is 188 g/mol. The molecule has 0 heterocycles. The van der Waals surface area contributed by atoms with Crippen LogP contribution in [0.15, 0.2) is 30.3 Å². The normalized spacial score (nSPS) is 9.77. The smallest absolute Gasteiger partial charge is 0.104 e. The Balaban J connectivity index is 3.00. The highest BCUT2D eigenvalue weighted by atomic mass is 32.1. The minimum Gasteiger partial charge on any atom is -0.389 e. The molecule has 0 aliphatic heterocycles. The first kappa shape index (κ1) is 9.43. The summed E-state index contributed by atoms with van der Waals surface area (Å²) < 4.78 is 0. The maximum absolute atomic E-state index is 8.32. The average Bonchev–Trinajstić information content (AvgIpc) is 2.15. The van der Waals surface area contributed by atoms with E-state index in [-0.39, 0.29) is 0 Å². The summed E-state index contributed by atoms with van der Waals surface area (Å²) >= 11 is 4.82. The minimum absolute atomic E-state index is 0.368. The largest absolute Gasteiger partial charge is 0.389 e. The van der Waals surface area contributed by atoms with Crippen molar-refractivity contribution in [2.75, 3.05) is 0 Å². The van der Waals surface area contributed by atoms with E-state index in [0.29, 0.717) is 4.99 Å². The predicted octanol–water partition coefficient (Wildman–Crippen LogP) is 1.86. The lowest BCUT2D eigenvalue weighted by molar-refractivity contribution is 1.53. The van der Waals surface area contributed by atoms with Crippen LogP contribution >= 0.6 is 12.2 Å². The second kappa shape index (κ2) is 4.39. The van der Waals surface area contributed by atoms with Crippen molar-refractivity contribution >= 4 is 23.3 Å². The van der Waals surface area contributed by atoms with Crippen molar-refractivity contribution in [2.24, 2.45) is 5.73 Å².